The molecule has 0 fully saturated rings. The summed E-state index contributed by atoms with van der Waals surface area (Å²) in [6, 6.07) is 8.36. The van der Waals surface area contributed by atoms with Gasteiger partial charge in [-0.2, -0.15) is 0 Å². The van der Waals surface area contributed by atoms with Crippen LogP contribution in [0.1, 0.15) is 25.0 Å². The van der Waals surface area contributed by atoms with E-state index in [2.05, 4.69) is 36.5 Å². The van der Waals surface area contributed by atoms with E-state index >= 15 is 0 Å². The molecule has 0 aliphatic carbocycles. The Kier molecular flexibility index (Phi) is 4.99. The maximum atomic E-state index is 11.1. The highest BCUT2D eigenvalue weighted by molar-refractivity contribution is 5.79. The minimum absolute atomic E-state index is 0.315. The molecule has 16 heavy (non-hydrogen) atoms. The van der Waals surface area contributed by atoms with Crippen molar-refractivity contribution in [2.45, 2.75) is 32.8 Å². The van der Waals surface area contributed by atoms with Crippen molar-refractivity contribution in [1.29, 1.82) is 0 Å². The fourth-order valence-corrected chi connectivity index (χ4v) is 1.42. The number of carbonyl (C=O) groups is 1. The summed E-state index contributed by atoms with van der Waals surface area (Å²) in [5.74, 6) is -0.315. The summed E-state index contributed by atoms with van der Waals surface area (Å²) in [5, 5.41) is 11.6. The number of rotatable bonds is 5. The molecule has 88 valence electrons. The molecule has 0 spiro atoms. The topological polar surface area (TPSA) is 49.3 Å². The van der Waals surface area contributed by atoms with Crippen LogP contribution < -0.4 is 5.32 Å². The largest absolute Gasteiger partial charge is 0.384 e. The number of benzene rings is 1. The molecule has 3 heteroatoms. The first kappa shape index (κ1) is 12.7. The molecule has 0 saturated heterocycles. The monoisotopic (exact) mass is 221 g/mol. The van der Waals surface area contributed by atoms with E-state index in [4.69, 9.17) is 5.11 Å². The fourth-order valence-electron chi connectivity index (χ4n) is 1.42. The standard InChI is InChI=1S/C13H19NO2/c1-3-11-4-6-12(7-5-11)8-9-14-13(16)10(2)15/h4-7,10,15H,3,8-9H2,1-2H3,(H,14,16). The Morgan fingerprint density at radius 3 is 2.38 bits per heavy atom. The Morgan fingerprint density at radius 1 is 1.31 bits per heavy atom. The number of hydrogen-bond acceptors (Lipinski definition) is 2. The number of aryl methyl sites for hydroxylation is 1. The molecule has 0 heterocycles. The molecular weight excluding hydrogens is 202 g/mol. The second-order valence-corrected chi connectivity index (χ2v) is 3.89. The zero-order valence-corrected chi connectivity index (χ0v) is 9.86. The molecule has 1 unspecified atom stereocenters. The van der Waals surface area contributed by atoms with Gasteiger partial charge in [-0.15, -0.1) is 0 Å². The van der Waals surface area contributed by atoms with Crippen LogP contribution in [0, 0.1) is 0 Å². The number of nitrogens with one attached hydrogen (secondary N) is 1. The summed E-state index contributed by atoms with van der Waals surface area (Å²) in [6.45, 7) is 4.15. The van der Waals surface area contributed by atoms with Gasteiger partial charge < -0.3 is 10.4 Å². The van der Waals surface area contributed by atoms with Gasteiger partial charge in [0.2, 0.25) is 5.91 Å². The summed E-state index contributed by atoms with van der Waals surface area (Å²) in [6.07, 6.45) is 0.907. The van der Waals surface area contributed by atoms with Crippen LogP contribution in [-0.2, 0) is 17.6 Å². The summed E-state index contributed by atoms with van der Waals surface area (Å²) >= 11 is 0. The van der Waals surface area contributed by atoms with E-state index in [1.807, 2.05) is 0 Å². The summed E-state index contributed by atoms with van der Waals surface area (Å²) < 4.78 is 0. The smallest absolute Gasteiger partial charge is 0.248 e. The number of amides is 1. The van der Waals surface area contributed by atoms with Crippen molar-refractivity contribution in [2.24, 2.45) is 0 Å². The van der Waals surface area contributed by atoms with Crippen molar-refractivity contribution >= 4 is 5.91 Å². The van der Waals surface area contributed by atoms with Crippen LogP contribution in [0.15, 0.2) is 24.3 Å². The number of hydrogen-bond donors (Lipinski definition) is 2. The molecule has 1 amide bonds. The Balaban J connectivity index is 2.34. The molecule has 0 aliphatic heterocycles. The van der Waals surface area contributed by atoms with Gasteiger partial charge in [0.1, 0.15) is 6.10 Å². The molecule has 1 aromatic rings. The van der Waals surface area contributed by atoms with Crippen molar-refractivity contribution in [3.05, 3.63) is 35.4 Å². The van der Waals surface area contributed by atoms with E-state index in [9.17, 15) is 4.79 Å². The lowest BCUT2D eigenvalue weighted by atomic mass is 10.1. The van der Waals surface area contributed by atoms with Crippen molar-refractivity contribution in [2.75, 3.05) is 6.54 Å². The van der Waals surface area contributed by atoms with Gasteiger partial charge in [-0.3, -0.25) is 4.79 Å². The number of aliphatic hydroxyl groups excluding tert-OH is 1. The van der Waals surface area contributed by atoms with Crippen LogP contribution in [0.3, 0.4) is 0 Å². The van der Waals surface area contributed by atoms with Gasteiger partial charge in [-0.25, -0.2) is 0 Å². The minimum Gasteiger partial charge on any atom is -0.384 e. The quantitative estimate of drug-likeness (QED) is 0.787. The Morgan fingerprint density at radius 2 is 1.88 bits per heavy atom. The molecule has 0 bridgehead atoms. The van der Waals surface area contributed by atoms with Crippen LogP contribution >= 0.6 is 0 Å². The summed E-state index contributed by atoms with van der Waals surface area (Å²) in [4.78, 5) is 11.1. The second kappa shape index (κ2) is 6.28. The van der Waals surface area contributed by atoms with E-state index in [0.29, 0.717) is 6.54 Å². The molecule has 0 radical (unpaired) electrons. The van der Waals surface area contributed by atoms with Gasteiger partial charge in [-0.1, -0.05) is 31.2 Å². The van der Waals surface area contributed by atoms with Gasteiger partial charge in [0.05, 0.1) is 0 Å². The molecule has 2 N–H and O–H groups in total. The molecule has 1 aromatic carbocycles. The van der Waals surface area contributed by atoms with Crippen LogP contribution in [-0.4, -0.2) is 23.7 Å². The predicted octanol–water partition coefficient (Wildman–Crippen LogP) is 1.29. The Bertz CT molecular complexity index is 330. The van der Waals surface area contributed by atoms with E-state index in [-0.39, 0.29) is 5.91 Å². The molecule has 0 saturated carbocycles. The first-order chi connectivity index (χ1) is 7.63. The van der Waals surface area contributed by atoms with Crippen molar-refractivity contribution < 1.29 is 9.90 Å². The zero-order chi connectivity index (χ0) is 12.0. The lowest BCUT2D eigenvalue weighted by Crippen LogP contribution is -2.33. The van der Waals surface area contributed by atoms with E-state index in [1.165, 1.54) is 18.1 Å². The maximum absolute atomic E-state index is 11.1. The van der Waals surface area contributed by atoms with Crippen LogP contribution in [0.2, 0.25) is 0 Å². The van der Waals surface area contributed by atoms with E-state index in [1.54, 1.807) is 0 Å². The highest BCUT2D eigenvalue weighted by atomic mass is 16.3. The Hall–Kier alpha value is -1.35. The van der Waals surface area contributed by atoms with Gasteiger partial charge in [-0.05, 0) is 30.9 Å². The molecular formula is C13H19NO2. The van der Waals surface area contributed by atoms with Crippen molar-refractivity contribution in [1.82, 2.24) is 5.32 Å². The Labute approximate surface area is 96.5 Å². The highest BCUT2D eigenvalue weighted by Crippen LogP contribution is 2.05. The average Bonchev–Trinajstić information content (AvgIpc) is 2.29. The second-order valence-electron chi connectivity index (χ2n) is 3.89. The summed E-state index contributed by atoms with van der Waals surface area (Å²) in [7, 11) is 0. The van der Waals surface area contributed by atoms with Gasteiger partial charge in [0.25, 0.3) is 0 Å². The van der Waals surface area contributed by atoms with E-state index < -0.39 is 6.10 Å². The molecule has 1 atom stereocenters. The van der Waals surface area contributed by atoms with Crippen molar-refractivity contribution in [3.8, 4) is 0 Å². The maximum Gasteiger partial charge on any atom is 0.248 e. The van der Waals surface area contributed by atoms with Crippen molar-refractivity contribution in [3.63, 3.8) is 0 Å². The average molecular weight is 221 g/mol. The van der Waals surface area contributed by atoms with Gasteiger partial charge in [0.15, 0.2) is 0 Å². The third-order valence-corrected chi connectivity index (χ3v) is 2.52. The van der Waals surface area contributed by atoms with Crippen LogP contribution in [0.4, 0.5) is 0 Å². The van der Waals surface area contributed by atoms with Crippen LogP contribution in [0.25, 0.3) is 0 Å². The van der Waals surface area contributed by atoms with Crippen LogP contribution in [0.5, 0.6) is 0 Å². The normalized spacial score (nSPS) is 12.2. The molecule has 0 aliphatic rings. The first-order valence-corrected chi connectivity index (χ1v) is 5.67. The van der Waals surface area contributed by atoms with Gasteiger partial charge in [0, 0.05) is 6.54 Å². The highest BCUT2D eigenvalue weighted by Gasteiger charge is 2.06. The molecule has 3 nitrogen and oxygen atoms in total. The molecule has 1 rings (SSSR count). The van der Waals surface area contributed by atoms with Gasteiger partial charge >= 0.3 is 0 Å². The summed E-state index contributed by atoms with van der Waals surface area (Å²) in [5.41, 5.74) is 2.51. The number of carbonyl (C=O) groups excluding carboxylic acids is 1. The predicted molar refractivity (Wildman–Crippen MR) is 64.2 cm³/mol. The SMILES string of the molecule is CCc1ccc(CCNC(=O)C(C)O)cc1. The minimum atomic E-state index is -0.928. The lowest BCUT2D eigenvalue weighted by molar-refractivity contribution is -0.128. The lowest BCUT2D eigenvalue weighted by Gasteiger charge is -2.07. The van der Waals surface area contributed by atoms with E-state index in [0.717, 1.165) is 12.8 Å². The third-order valence-electron chi connectivity index (χ3n) is 2.52. The zero-order valence-electron chi connectivity index (χ0n) is 9.86. The third kappa shape index (κ3) is 4.03. The first-order valence-electron chi connectivity index (χ1n) is 5.67. The molecule has 0 aromatic heterocycles. The number of aliphatic hydroxyl groups is 1. The fraction of sp³-hybridized carbons (Fsp3) is 0.462.